The van der Waals surface area contributed by atoms with Gasteiger partial charge in [-0.1, -0.05) is 6.07 Å². The molecule has 1 aromatic carbocycles. The lowest BCUT2D eigenvalue weighted by molar-refractivity contribution is -0.129. The van der Waals surface area contributed by atoms with E-state index in [2.05, 4.69) is 14.9 Å². The van der Waals surface area contributed by atoms with Crippen LogP contribution in [0, 0.1) is 0 Å². The summed E-state index contributed by atoms with van der Waals surface area (Å²) in [7, 11) is 0. The molecule has 2 bridgehead atoms. The Labute approximate surface area is 127 Å². The first kappa shape index (κ1) is 13.1. The van der Waals surface area contributed by atoms with Crippen LogP contribution in [0.3, 0.4) is 0 Å². The van der Waals surface area contributed by atoms with Gasteiger partial charge in [-0.05, 0) is 18.6 Å². The number of aromatic nitrogens is 2. The molecule has 3 heterocycles. The van der Waals surface area contributed by atoms with Crippen LogP contribution in [-0.4, -0.2) is 51.9 Å². The Morgan fingerprint density at radius 2 is 2.14 bits per heavy atom. The highest BCUT2D eigenvalue weighted by molar-refractivity contribution is 6.04. The largest absolute Gasteiger partial charge is 0.366 e. The SMILES string of the molecule is CC(=O)N1C[C@@H]2C[C@H]1CN2c1nc2c(C(N)=O)cccc2[nH]1. The van der Waals surface area contributed by atoms with Gasteiger partial charge >= 0.3 is 0 Å². The fraction of sp³-hybridized carbons (Fsp3) is 0.400. The van der Waals surface area contributed by atoms with Gasteiger partial charge < -0.3 is 20.5 Å². The van der Waals surface area contributed by atoms with Crippen molar-refractivity contribution < 1.29 is 9.59 Å². The average Bonchev–Trinajstić information content (AvgIpc) is 3.18. The van der Waals surface area contributed by atoms with Crippen molar-refractivity contribution in [2.75, 3.05) is 18.0 Å². The van der Waals surface area contributed by atoms with Crippen molar-refractivity contribution >= 4 is 28.8 Å². The highest BCUT2D eigenvalue weighted by Crippen LogP contribution is 2.34. The summed E-state index contributed by atoms with van der Waals surface area (Å²) < 4.78 is 0. The molecule has 2 aliphatic heterocycles. The van der Waals surface area contributed by atoms with Crippen LogP contribution in [0.2, 0.25) is 0 Å². The number of hydrogen-bond acceptors (Lipinski definition) is 4. The first-order valence-electron chi connectivity index (χ1n) is 7.37. The monoisotopic (exact) mass is 299 g/mol. The van der Waals surface area contributed by atoms with E-state index in [0.29, 0.717) is 11.1 Å². The smallest absolute Gasteiger partial charge is 0.250 e. The molecule has 0 spiro atoms. The second-order valence-corrected chi connectivity index (χ2v) is 5.99. The Morgan fingerprint density at radius 1 is 1.32 bits per heavy atom. The molecule has 7 heteroatoms. The minimum absolute atomic E-state index is 0.132. The number of carbonyl (C=O) groups is 2. The molecular weight excluding hydrogens is 282 g/mol. The van der Waals surface area contributed by atoms with Crippen LogP contribution in [0.25, 0.3) is 11.0 Å². The third-order valence-electron chi connectivity index (χ3n) is 4.68. The predicted molar refractivity (Wildman–Crippen MR) is 81.5 cm³/mol. The number of benzene rings is 1. The van der Waals surface area contributed by atoms with Crippen molar-refractivity contribution in [3.05, 3.63) is 23.8 Å². The molecule has 114 valence electrons. The number of H-pyrrole nitrogens is 1. The molecule has 0 saturated carbocycles. The van der Waals surface area contributed by atoms with E-state index in [1.807, 2.05) is 11.0 Å². The second kappa shape index (κ2) is 4.46. The number of para-hydroxylation sites is 1. The van der Waals surface area contributed by atoms with Gasteiger partial charge in [0.15, 0.2) is 0 Å². The number of imidazole rings is 1. The van der Waals surface area contributed by atoms with Gasteiger partial charge in [0.25, 0.3) is 5.91 Å². The lowest BCUT2D eigenvalue weighted by Gasteiger charge is -2.33. The summed E-state index contributed by atoms with van der Waals surface area (Å²) in [5.41, 5.74) is 7.24. The highest BCUT2D eigenvalue weighted by atomic mass is 16.2. The number of nitrogens with zero attached hydrogens (tertiary/aromatic N) is 3. The maximum absolute atomic E-state index is 11.6. The lowest BCUT2D eigenvalue weighted by Crippen LogP contribution is -2.48. The van der Waals surface area contributed by atoms with Crippen molar-refractivity contribution in [3.8, 4) is 0 Å². The molecule has 0 radical (unpaired) electrons. The Hall–Kier alpha value is -2.57. The van der Waals surface area contributed by atoms with Gasteiger partial charge in [-0.15, -0.1) is 0 Å². The zero-order valence-electron chi connectivity index (χ0n) is 12.2. The minimum atomic E-state index is -0.477. The molecule has 0 aliphatic carbocycles. The molecule has 2 aliphatic rings. The number of anilines is 1. The Balaban J connectivity index is 1.68. The topological polar surface area (TPSA) is 95.3 Å². The average molecular weight is 299 g/mol. The van der Waals surface area contributed by atoms with Gasteiger partial charge in [0, 0.05) is 20.0 Å². The fourth-order valence-corrected chi connectivity index (χ4v) is 3.67. The number of nitrogens with one attached hydrogen (secondary N) is 1. The number of fused-ring (bicyclic) bond motifs is 3. The first-order valence-corrected chi connectivity index (χ1v) is 7.37. The van der Waals surface area contributed by atoms with Crippen molar-refractivity contribution in [3.63, 3.8) is 0 Å². The van der Waals surface area contributed by atoms with Gasteiger partial charge in [0.1, 0.15) is 5.52 Å². The van der Waals surface area contributed by atoms with Gasteiger partial charge in [0.05, 0.1) is 23.2 Å². The summed E-state index contributed by atoms with van der Waals surface area (Å²) in [6, 6.07) is 5.90. The Morgan fingerprint density at radius 3 is 2.77 bits per heavy atom. The first-order chi connectivity index (χ1) is 10.5. The number of amides is 2. The van der Waals surface area contributed by atoms with Gasteiger partial charge in [0.2, 0.25) is 11.9 Å². The molecule has 2 saturated heterocycles. The van der Waals surface area contributed by atoms with E-state index in [9.17, 15) is 9.59 Å². The molecule has 2 aromatic rings. The normalized spacial score (nSPS) is 23.5. The summed E-state index contributed by atoms with van der Waals surface area (Å²) in [4.78, 5) is 35.0. The molecule has 2 amide bonds. The maximum atomic E-state index is 11.6. The van der Waals surface area contributed by atoms with E-state index >= 15 is 0 Å². The van der Waals surface area contributed by atoms with E-state index < -0.39 is 5.91 Å². The number of hydrogen-bond donors (Lipinski definition) is 2. The van der Waals surface area contributed by atoms with E-state index in [-0.39, 0.29) is 18.0 Å². The van der Waals surface area contributed by atoms with Crippen LogP contribution in [0.1, 0.15) is 23.7 Å². The van der Waals surface area contributed by atoms with E-state index in [4.69, 9.17) is 5.73 Å². The zero-order chi connectivity index (χ0) is 15.4. The second-order valence-electron chi connectivity index (χ2n) is 5.99. The quantitative estimate of drug-likeness (QED) is 0.842. The van der Waals surface area contributed by atoms with Crippen LogP contribution in [-0.2, 0) is 4.79 Å². The van der Waals surface area contributed by atoms with Crippen molar-refractivity contribution in [2.24, 2.45) is 5.73 Å². The number of primary amides is 1. The van der Waals surface area contributed by atoms with Gasteiger partial charge in [-0.3, -0.25) is 9.59 Å². The molecule has 3 N–H and O–H groups in total. The van der Waals surface area contributed by atoms with Crippen LogP contribution >= 0.6 is 0 Å². The molecule has 22 heavy (non-hydrogen) atoms. The van der Waals surface area contributed by atoms with Crippen LogP contribution in [0.5, 0.6) is 0 Å². The molecular formula is C15H17N5O2. The molecule has 2 fully saturated rings. The summed E-state index contributed by atoms with van der Waals surface area (Å²) in [5, 5.41) is 0. The van der Waals surface area contributed by atoms with Gasteiger partial charge in [-0.25, -0.2) is 4.98 Å². The van der Waals surface area contributed by atoms with Crippen LogP contribution < -0.4 is 10.6 Å². The number of carbonyl (C=O) groups excluding carboxylic acids is 2. The lowest BCUT2D eigenvalue weighted by atomic mass is 10.2. The van der Waals surface area contributed by atoms with Crippen LogP contribution in [0.4, 0.5) is 5.95 Å². The molecule has 0 unspecified atom stereocenters. The summed E-state index contributed by atoms with van der Waals surface area (Å²) in [6.07, 6.45) is 0.972. The molecule has 1 aromatic heterocycles. The van der Waals surface area contributed by atoms with Gasteiger partial charge in [-0.2, -0.15) is 0 Å². The standard InChI is InChI=1S/C15H17N5O2/c1-8(21)19-6-10-5-9(19)7-20(10)15-17-12-4-2-3-11(14(16)22)13(12)18-15/h2-4,9-10H,5-7H2,1H3,(H2,16,22)(H,17,18)/t9-,10-/m0/s1. The number of nitrogens with two attached hydrogens (primary N) is 1. The number of rotatable bonds is 2. The molecule has 7 nitrogen and oxygen atoms in total. The third-order valence-corrected chi connectivity index (χ3v) is 4.68. The van der Waals surface area contributed by atoms with E-state index in [0.717, 1.165) is 31.0 Å². The maximum Gasteiger partial charge on any atom is 0.250 e. The zero-order valence-corrected chi connectivity index (χ0v) is 12.2. The summed E-state index contributed by atoms with van der Waals surface area (Å²) >= 11 is 0. The van der Waals surface area contributed by atoms with Crippen molar-refractivity contribution in [2.45, 2.75) is 25.4 Å². The number of piperazine rings is 1. The van der Waals surface area contributed by atoms with Crippen LogP contribution in [0.15, 0.2) is 18.2 Å². The van der Waals surface area contributed by atoms with E-state index in [1.165, 1.54) is 0 Å². The van der Waals surface area contributed by atoms with E-state index in [1.54, 1.807) is 19.1 Å². The number of aromatic amines is 1. The summed E-state index contributed by atoms with van der Waals surface area (Å²) in [5.74, 6) is 0.404. The third kappa shape index (κ3) is 1.78. The fourth-order valence-electron chi connectivity index (χ4n) is 3.67. The predicted octanol–water partition coefficient (Wildman–Crippen LogP) is 0.471. The van der Waals surface area contributed by atoms with Crippen molar-refractivity contribution in [1.29, 1.82) is 0 Å². The molecule has 4 rings (SSSR count). The Bertz CT molecular complexity index is 783. The molecule has 2 atom stereocenters. The highest BCUT2D eigenvalue weighted by Gasteiger charge is 2.45. The number of likely N-dealkylation sites (tertiary alicyclic amines) is 1. The van der Waals surface area contributed by atoms with Crippen molar-refractivity contribution in [1.82, 2.24) is 14.9 Å². The summed E-state index contributed by atoms with van der Waals surface area (Å²) in [6.45, 7) is 3.13. The minimum Gasteiger partial charge on any atom is -0.366 e. The Kier molecular flexibility index (Phi) is 2.66.